The molecule has 0 amide bonds. The van der Waals surface area contributed by atoms with Crippen molar-refractivity contribution in [3.63, 3.8) is 0 Å². The highest BCUT2D eigenvalue weighted by Gasteiger charge is 2.08. The molecule has 0 atom stereocenters. The Morgan fingerprint density at radius 1 is 1.28 bits per heavy atom. The molecule has 0 aliphatic heterocycles. The summed E-state index contributed by atoms with van der Waals surface area (Å²) in [4.78, 5) is 2.01. The Hall–Kier alpha value is -2.08. The molecule has 0 unspecified atom stereocenters. The van der Waals surface area contributed by atoms with Gasteiger partial charge >= 0.3 is 6.01 Å². The van der Waals surface area contributed by atoms with Gasteiger partial charge in [-0.15, -0.1) is 5.10 Å². The van der Waals surface area contributed by atoms with Crippen molar-refractivity contribution < 1.29 is 4.42 Å². The third-order valence-electron chi connectivity index (χ3n) is 2.45. The number of aromatic nitrogens is 2. The second kappa shape index (κ2) is 5.50. The van der Waals surface area contributed by atoms with Crippen LogP contribution in [0.4, 0.5) is 17.4 Å². The van der Waals surface area contributed by atoms with Gasteiger partial charge in [-0.2, -0.15) is 0 Å². The van der Waals surface area contributed by atoms with E-state index >= 15 is 0 Å². The lowest BCUT2D eigenvalue weighted by Crippen LogP contribution is -2.10. The minimum absolute atomic E-state index is 0.382. The van der Waals surface area contributed by atoms with Crippen LogP contribution in [0, 0.1) is 0 Å². The van der Waals surface area contributed by atoms with E-state index in [9.17, 15) is 0 Å². The van der Waals surface area contributed by atoms with Gasteiger partial charge in [-0.1, -0.05) is 17.2 Å². The van der Waals surface area contributed by atoms with Crippen LogP contribution in [0.25, 0.3) is 0 Å². The Balaban J connectivity index is 2.17. The largest absolute Gasteiger partial charge is 0.408 e. The minimum atomic E-state index is 0.382. The molecular formula is C12H17N5O. The molecule has 0 saturated heterocycles. The van der Waals surface area contributed by atoms with Gasteiger partial charge in [-0.3, -0.25) is 0 Å². The van der Waals surface area contributed by atoms with Crippen LogP contribution in [0.3, 0.4) is 0 Å². The molecule has 0 bridgehead atoms. The predicted octanol–water partition coefficient (Wildman–Crippen LogP) is 1.38. The maximum absolute atomic E-state index is 5.43. The molecule has 2 rings (SSSR count). The molecule has 18 heavy (non-hydrogen) atoms. The molecule has 96 valence electrons. The molecule has 6 heteroatoms. The Bertz CT molecular complexity index is 509. The topological polar surface area (TPSA) is 80.2 Å². The average molecular weight is 247 g/mol. The number of rotatable bonds is 5. The molecule has 1 aromatic carbocycles. The minimum Gasteiger partial charge on any atom is -0.408 e. The van der Waals surface area contributed by atoms with Crippen molar-refractivity contribution in [3.05, 3.63) is 30.2 Å². The van der Waals surface area contributed by atoms with Crippen molar-refractivity contribution in [2.75, 3.05) is 30.9 Å². The van der Waals surface area contributed by atoms with Gasteiger partial charge < -0.3 is 20.4 Å². The zero-order valence-electron chi connectivity index (χ0n) is 10.6. The Morgan fingerprint density at radius 3 is 2.78 bits per heavy atom. The van der Waals surface area contributed by atoms with Gasteiger partial charge in [0.2, 0.25) is 5.89 Å². The maximum atomic E-state index is 5.43. The van der Waals surface area contributed by atoms with E-state index in [0.29, 0.717) is 24.9 Å². The van der Waals surface area contributed by atoms with E-state index in [1.165, 1.54) is 0 Å². The predicted molar refractivity (Wildman–Crippen MR) is 71.1 cm³/mol. The molecule has 1 aromatic heterocycles. The summed E-state index contributed by atoms with van der Waals surface area (Å²) in [7, 11) is 3.96. The fourth-order valence-electron chi connectivity index (χ4n) is 1.61. The summed E-state index contributed by atoms with van der Waals surface area (Å²) in [5.74, 6) is 0.544. The monoisotopic (exact) mass is 247 g/mol. The van der Waals surface area contributed by atoms with Gasteiger partial charge in [-0.25, -0.2) is 0 Å². The summed E-state index contributed by atoms with van der Waals surface area (Å²) in [6.07, 6.45) is 0.587. The molecule has 6 nitrogen and oxygen atoms in total. The molecule has 0 aliphatic carbocycles. The Morgan fingerprint density at radius 2 is 2.06 bits per heavy atom. The fourth-order valence-corrected chi connectivity index (χ4v) is 1.61. The van der Waals surface area contributed by atoms with Crippen molar-refractivity contribution in [1.82, 2.24) is 10.2 Å². The lowest BCUT2D eigenvalue weighted by atomic mass is 10.2. The van der Waals surface area contributed by atoms with Crippen LogP contribution in [0.5, 0.6) is 0 Å². The number of nitrogens with two attached hydrogens (primary N) is 1. The molecule has 0 aliphatic rings. The SMILES string of the molecule is CN(C)c1ccccc1Nc1nnc(CCN)o1. The number of hydrogen-bond donors (Lipinski definition) is 2. The first-order valence-corrected chi connectivity index (χ1v) is 5.76. The Kier molecular flexibility index (Phi) is 3.78. The first kappa shape index (κ1) is 12.4. The zero-order chi connectivity index (χ0) is 13.0. The van der Waals surface area contributed by atoms with E-state index in [0.717, 1.165) is 11.4 Å². The highest BCUT2D eigenvalue weighted by atomic mass is 16.4. The van der Waals surface area contributed by atoms with Crippen LogP contribution >= 0.6 is 0 Å². The summed E-state index contributed by atoms with van der Waals surface area (Å²) in [6, 6.07) is 8.29. The summed E-state index contributed by atoms with van der Waals surface area (Å²) in [5, 5.41) is 10.9. The first-order chi connectivity index (χ1) is 8.70. The highest BCUT2D eigenvalue weighted by Crippen LogP contribution is 2.26. The van der Waals surface area contributed by atoms with Gasteiger partial charge in [-0.05, 0) is 12.1 Å². The van der Waals surface area contributed by atoms with E-state index in [2.05, 4.69) is 15.5 Å². The number of nitrogens with zero attached hydrogens (tertiary/aromatic N) is 3. The molecular weight excluding hydrogens is 230 g/mol. The van der Waals surface area contributed by atoms with Crippen LogP contribution in [-0.2, 0) is 6.42 Å². The fraction of sp³-hybridized carbons (Fsp3) is 0.333. The van der Waals surface area contributed by atoms with E-state index in [1.807, 2.05) is 43.3 Å². The van der Waals surface area contributed by atoms with Gasteiger partial charge in [0.05, 0.1) is 11.4 Å². The summed E-state index contributed by atoms with van der Waals surface area (Å²) >= 11 is 0. The lowest BCUT2D eigenvalue weighted by Gasteiger charge is -2.16. The molecule has 0 saturated carbocycles. The van der Waals surface area contributed by atoms with Crippen LogP contribution in [-0.4, -0.2) is 30.8 Å². The number of benzene rings is 1. The Labute approximate surface area is 106 Å². The summed E-state index contributed by atoms with van der Waals surface area (Å²) in [5.41, 5.74) is 7.40. The quantitative estimate of drug-likeness (QED) is 0.831. The molecule has 3 N–H and O–H groups in total. The smallest absolute Gasteiger partial charge is 0.320 e. The second-order valence-corrected chi connectivity index (χ2v) is 4.08. The lowest BCUT2D eigenvalue weighted by molar-refractivity contribution is 0.510. The average Bonchev–Trinajstić information content (AvgIpc) is 2.77. The second-order valence-electron chi connectivity index (χ2n) is 4.08. The van der Waals surface area contributed by atoms with Gasteiger partial charge in [0.25, 0.3) is 0 Å². The van der Waals surface area contributed by atoms with E-state index in [4.69, 9.17) is 10.2 Å². The van der Waals surface area contributed by atoms with Gasteiger partial charge in [0.15, 0.2) is 0 Å². The normalized spacial score (nSPS) is 10.4. The van der Waals surface area contributed by atoms with Crippen molar-refractivity contribution in [3.8, 4) is 0 Å². The third-order valence-corrected chi connectivity index (χ3v) is 2.45. The standard InChI is InChI=1S/C12H17N5O/c1-17(2)10-6-4-3-5-9(10)14-12-16-15-11(18-12)7-8-13/h3-6H,7-8,13H2,1-2H3,(H,14,16). The van der Waals surface area contributed by atoms with Gasteiger partial charge in [0.1, 0.15) is 0 Å². The molecule has 0 spiro atoms. The van der Waals surface area contributed by atoms with Gasteiger partial charge in [0, 0.05) is 27.1 Å². The molecule has 1 heterocycles. The van der Waals surface area contributed by atoms with E-state index < -0.39 is 0 Å². The summed E-state index contributed by atoms with van der Waals surface area (Å²) < 4.78 is 5.43. The molecule has 0 fully saturated rings. The highest BCUT2D eigenvalue weighted by molar-refractivity contribution is 5.72. The third kappa shape index (κ3) is 2.78. The van der Waals surface area contributed by atoms with Crippen molar-refractivity contribution in [2.45, 2.75) is 6.42 Å². The van der Waals surface area contributed by atoms with Crippen LogP contribution in [0.2, 0.25) is 0 Å². The molecule has 2 aromatic rings. The first-order valence-electron chi connectivity index (χ1n) is 5.76. The van der Waals surface area contributed by atoms with Crippen LogP contribution in [0.1, 0.15) is 5.89 Å². The summed E-state index contributed by atoms with van der Waals surface area (Å²) in [6.45, 7) is 0.496. The van der Waals surface area contributed by atoms with Crippen molar-refractivity contribution >= 4 is 17.4 Å². The number of para-hydroxylation sites is 2. The number of hydrogen-bond acceptors (Lipinski definition) is 6. The zero-order valence-corrected chi connectivity index (χ0v) is 10.6. The van der Waals surface area contributed by atoms with Crippen LogP contribution < -0.4 is 16.0 Å². The van der Waals surface area contributed by atoms with Crippen molar-refractivity contribution in [1.29, 1.82) is 0 Å². The van der Waals surface area contributed by atoms with Crippen molar-refractivity contribution in [2.24, 2.45) is 5.73 Å². The van der Waals surface area contributed by atoms with E-state index in [-0.39, 0.29) is 0 Å². The van der Waals surface area contributed by atoms with E-state index in [1.54, 1.807) is 0 Å². The van der Waals surface area contributed by atoms with Crippen LogP contribution in [0.15, 0.2) is 28.7 Å². The molecule has 0 radical (unpaired) electrons. The number of anilines is 3. The number of nitrogens with one attached hydrogen (secondary N) is 1. The maximum Gasteiger partial charge on any atom is 0.320 e.